The molecule has 0 atom stereocenters. The molecule has 1 aliphatic heterocycles. The van der Waals surface area contributed by atoms with Crippen LogP contribution in [0, 0.1) is 0 Å². The molecule has 2 N–H and O–H groups in total. The highest BCUT2D eigenvalue weighted by Gasteiger charge is 2.15. The minimum Gasteiger partial charge on any atom is -0.508 e. The van der Waals surface area contributed by atoms with Gasteiger partial charge in [0.25, 0.3) is 0 Å². The van der Waals surface area contributed by atoms with Gasteiger partial charge in [-0.1, -0.05) is 17.3 Å². The summed E-state index contributed by atoms with van der Waals surface area (Å²) in [4.78, 5) is 2.30. The average Bonchev–Trinajstić information content (AvgIpc) is 2.30. The number of rotatable bonds is 2. The number of benzene rings is 1. The van der Waals surface area contributed by atoms with Gasteiger partial charge in [-0.2, -0.15) is 0 Å². The summed E-state index contributed by atoms with van der Waals surface area (Å²) in [5.41, 5.74) is 2.00. The molecular formula is C12H16N2O2. The molecule has 4 nitrogen and oxygen atoms in total. The van der Waals surface area contributed by atoms with E-state index in [2.05, 4.69) is 10.1 Å². The lowest BCUT2D eigenvalue weighted by molar-refractivity contribution is 0.256. The van der Waals surface area contributed by atoms with Crippen molar-refractivity contribution >= 4 is 5.71 Å². The predicted octanol–water partition coefficient (Wildman–Crippen LogP) is 1.82. The lowest BCUT2D eigenvalue weighted by atomic mass is 10.1. The van der Waals surface area contributed by atoms with Crippen LogP contribution >= 0.6 is 0 Å². The summed E-state index contributed by atoms with van der Waals surface area (Å²) < 4.78 is 0. The van der Waals surface area contributed by atoms with E-state index < -0.39 is 0 Å². The number of hydrogen-bond acceptors (Lipinski definition) is 4. The van der Waals surface area contributed by atoms with Gasteiger partial charge < -0.3 is 10.3 Å². The highest BCUT2D eigenvalue weighted by atomic mass is 16.4. The summed E-state index contributed by atoms with van der Waals surface area (Å²) in [7, 11) is 0. The van der Waals surface area contributed by atoms with Crippen LogP contribution in [0.4, 0.5) is 0 Å². The molecule has 1 fully saturated rings. The molecule has 86 valence electrons. The van der Waals surface area contributed by atoms with Crippen LogP contribution in [0.3, 0.4) is 0 Å². The van der Waals surface area contributed by atoms with Crippen molar-refractivity contribution in [1.29, 1.82) is 0 Å². The number of piperidine rings is 1. The SMILES string of the molecule is ON=C1CCN(Cc2cccc(O)c2)CC1. The van der Waals surface area contributed by atoms with Crippen LogP contribution in [-0.4, -0.2) is 34.0 Å². The number of phenols is 1. The Morgan fingerprint density at radius 1 is 1.25 bits per heavy atom. The van der Waals surface area contributed by atoms with Crippen molar-refractivity contribution in [2.75, 3.05) is 13.1 Å². The number of nitrogens with zero attached hydrogens (tertiary/aromatic N) is 2. The molecule has 2 rings (SSSR count). The standard InChI is InChI=1S/C12H16N2O2/c15-12-3-1-2-10(8-12)9-14-6-4-11(13-16)5-7-14/h1-3,8,15-16H,4-7,9H2. The summed E-state index contributed by atoms with van der Waals surface area (Å²) in [6.45, 7) is 2.66. The van der Waals surface area contributed by atoms with E-state index in [0.29, 0.717) is 5.75 Å². The van der Waals surface area contributed by atoms with Gasteiger partial charge in [0.05, 0.1) is 5.71 Å². The molecule has 16 heavy (non-hydrogen) atoms. The van der Waals surface area contributed by atoms with Crippen LogP contribution in [0.2, 0.25) is 0 Å². The third-order valence-corrected chi connectivity index (χ3v) is 2.89. The van der Waals surface area contributed by atoms with E-state index in [1.807, 2.05) is 12.1 Å². The zero-order valence-electron chi connectivity index (χ0n) is 9.13. The number of oxime groups is 1. The lowest BCUT2D eigenvalue weighted by Gasteiger charge is -2.26. The van der Waals surface area contributed by atoms with Gasteiger partial charge in [0.1, 0.15) is 5.75 Å². The quantitative estimate of drug-likeness (QED) is 0.590. The van der Waals surface area contributed by atoms with Crippen LogP contribution in [0.15, 0.2) is 29.4 Å². The molecule has 1 aromatic carbocycles. The highest BCUT2D eigenvalue weighted by molar-refractivity contribution is 5.84. The molecule has 0 radical (unpaired) electrons. The second-order valence-electron chi connectivity index (χ2n) is 4.11. The van der Waals surface area contributed by atoms with Gasteiger partial charge in [0.15, 0.2) is 0 Å². The van der Waals surface area contributed by atoms with Gasteiger partial charge in [0, 0.05) is 32.5 Å². The van der Waals surface area contributed by atoms with E-state index in [1.54, 1.807) is 12.1 Å². The summed E-state index contributed by atoms with van der Waals surface area (Å²) in [6.07, 6.45) is 1.66. The summed E-state index contributed by atoms with van der Waals surface area (Å²) in [6, 6.07) is 7.33. The Bertz CT molecular complexity index is 380. The molecule has 1 heterocycles. The molecular weight excluding hydrogens is 204 g/mol. The van der Waals surface area contributed by atoms with E-state index in [4.69, 9.17) is 5.21 Å². The minimum atomic E-state index is 0.312. The molecule has 0 aromatic heterocycles. The maximum atomic E-state index is 9.35. The Kier molecular flexibility index (Phi) is 3.41. The smallest absolute Gasteiger partial charge is 0.115 e. The van der Waals surface area contributed by atoms with Crippen LogP contribution in [0.5, 0.6) is 5.75 Å². The normalized spacial score (nSPS) is 17.4. The van der Waals surface area contributed by atoms with Crippen molar-refractivity contribution in [2.24, 2.45) is 5.16 Å². The Hall–Kier alpha value is -1.55. The second kappa shape index (κ2) is 4.99. The summed E-state index contributed by atoms with van der Waals surface area (Å²) in [5, 5.41) is 21.2. The minimum absolute atomic E-state index is 0.312. The van der Waals surface area contributed by atoms with Crippen molar-refractivity contribution in [3.63, 3.8) is 0 Å². The molecule has 1 aromatic rings. The maximum absolute atomic E-state index is 9.35. The number of phenolic OH excluding ortho intramolecular Hbond substituents is 1. The molecule has 0 unspecified atom stereocenters. The first-order valence-corrected chi connectivity index (χ1v) is 5.48. The third kappa shape index (κ3) is 2.73. The van der Waals surface area contributed by atoms with E-state index in [-0.39, 0.29) is 0 Å². The van der Waals surface area contributed by atoms with Gasteiger partial charge in [-0.15, -0.1) is 0 Å². The largest absolute Gasteiger partial charge is 0.508 e. The molecule has 0 saturated carbocycles. The van der Waals surface area contributed by atoms with Crippen LogP contribution in [0.1, 0.15) is 18.4 Å². The van der Waals surface area contributed by atoms with Crippen molar-refractivity contribution in [2.45, 2.75) is 19.4 Å². The fourth-order valence-corrected chi connectivity index (χ4v) is 1.98. The van der Waals surface area contributed by atoms with E-state index in [1.165, 1.54) is 0 Å². The Morgan fingerprint density at radius 3 is 2.62 bits per heavy atom. The predicted molar refractivity (Wildman–Crippen MR) is 61.8 cm³/mol. The fourth-order valence-electron chi connectivity index (χ4n) is 1.98. The molecule has 0 bridgehead atoms. The van der Waals surface area contributed by atoms with Crippen molar-refractivity contribution in [3.8, 4) is 5.75 Å². The molecule has 0 spiro atoms. The first-order valence-electron chi connectivity index (χ1n) is 5.48. The average molecular weight is 220 g/mol. The lowest BCUT2D eigenvalue weighted by Crippen LogP contribution is -2.33. The Morgan fingerprint density at radius 2 is 2.00 bits per heavy atom. The van der Waals surface area contributed by atoms with E-state index in [0.717, 1.165) is 43.8 Å². The van der Waals surface area contributed by atoms with Gasteiger partial charge in [-0.25, -0.2) is 0 Å². The maximum Gasteiger partial charge on any atom is 0.115 e. The second-order valence-corrected chi connectivity index (χ2v) is 4.11. The first kappa shape index (κ1) is 11.0. The van der Waals surface area contributed by atoms with Gasteiger partial charge in [-0.05, 0) is 17.7 Å². The van der Waals surface area contributed by atoms with E-state index >= 15 is 0 Å². The van der Waals surface area contributed by atoms with Crippen LogP contribution in [-0.2, 0) is 6.54 Å². The molecule has 1 aliphatic rings. The third-order valence-electron chi connectivity index (χ3n) is 2.89. The topological polar surface area (TPSA) is 56.1 Å². The molecule has 4 heteroatoms. The number of likely N-dealkylation sites (tertiary alicyclic amines) is 1. The Labute approximate surface area is 94.8 Å². The first-order chi connectivity index (χ1) is 7.78. The number of hydrogen-bond donors (Lipinski definition) is 2. The molecule has 0 aliphatic carbocycles. The van der Waals surface area contributed by atoms with E-state index in [9.17, 15) is 5.11 Å². The van der Waals surface area contributed by atoms with Gasteiger partial charge in [-0.3, -0.25) is 4.90 Å². The highest BCUT2D eigenvalue weighted by Crippen LogP contribution is 2.15. The molecule has 1 saturated heterocycles. The fraction of sp³-hybridized carbons (Fsp3) is 0.417. The van der Waals surface area contributed by atoms with Crippen LogP contribution in [0.25, 0.3) is 0 Å². The number of aromatic hydroxyl groups is 1. The van der Waals surface area contributed by atoms with Gasteiger partial charge in [0.2, 0.25) is 0 Å². The van der Waals surface area contributed by atoms with Gasteiger partial charge >= 0.3 is 0 Å². The van der Waals surface area contributed by atoms with Crippen molar-refractivity contribution < 1.29 is 10.3 Å². The van der Waals surface area contributed by atoms with Crippen molar-refractivity contribution in [3.05, 3.63) is 29.8 Å². The summed E-state index contributed by atoms with van der Waals surface area (Å²) >= 11 is 0. The zero-order chi connectivity index (χ0) is 11.4. The molecule has 0 amide bonds. The van der Waals surface area contributed by atoms with Crippen molar-refractivity contribution in [1.82, 2.24) is 4.90 Å². The summed E-state index contributed by atoms with van der Waals surface area (Å²) in [5.74, 6) is 0.312. The monoisotopic (exact) mass is 220 g/mol. The van der Waals surface area contributed by atoms with Crippen LogP contribution < -0.4 is 0 Å². The Balaban J connectivity index is 1.92. The zero-order valence-corrected chi connectivity index (χ0v) is 9.13.